The Kier molecular flexibility index (Phi) is 5.10. The van der Waals surface area contributed by atoms with Gasteiger partial charge in [-0.3, -0.25) is 9.36 Å². The number of rotatable bonds is 3. The molecule has 5 nitrogen and oxygen atoms in total. The molecule has 0 aliphatic heterocycles. The monoisotopic (exact) mass is 477 g/mol. The zero-order valence-corrected chi connectivity index (χ0v) is 20.2. The minimum Gasteiger partial charge on any atom is -0.505 e. The summed E-state index contributed by atoms with van der Waals surface area (Å²) in [5, 5.41) is 12.1. The predicted molar refractivity (Wildman–Crippen MR) is 126 cm³/mol. The number of benzene rings is 1. The van der Waals surface area contributed by atoms with E-state index in [1.807, 2.05) is 0 Å². The minimum absolute atomic E-state index is 0.0221. The van der Waals surface area contributed by atoms with E-state index in [2.05, 4.69) is 0 Å². The molecule has 32 heavy (non-hydrogen) atoms. The molecule has 1 aromatic heterocycles. The second-order valence-electron chi connectivity index (χ2n) is 11.3. The van der Waals surface area contributed by atoms with E-state index in [4.69, 9.17) is 27.9 Å². The molecule has 0 saturated heterocycles. The SMILES string of the molecule is CC(C)(C)OC(=O)c1c(O)c2cc(Cl)c(Cl)cc2c(=O)n1CC12CC3CC(CC(C3)C1)C2. The van der Waals surface area contributed by atoms with Gasteiger partial charge in [0.25, 0.3) is 5.56 Å². The molecule has 4 saturated carbocycles. The van der Waals surface area contributed by atoms with Gasteiger partial charge in [-0.25, -0.2) is 4.79 Å². The second-order valence-corrected chi connectivity index (χ2v) is 12.1. The smallest absolute Gasteiger partial charge is 0.359 e. The summed E-state index contributed by atoms with van der Waals surface area (Å²) in [6.07, 6.45) is 7.05. The van der Waals surface area contributed by atoms with E-state index >= 15 is 0 Å². The van der Waals surface area contributed by atoms with Crippen molar-refractivity contribution >= 4 is 39.9 Å². The first kappa shape index (κ1) is 22.1. The highest BCUT2D eigenvalue weighted by atomic mass is 35.5. The third-order valence-electron chi connectivity index (χ3n) is 7.54. The van der Waals surface area contributed by atoms with Crippen LogP contribution < -0.4 is 5.56 Å². The first-order valence-electron chi connectivity index (χ1n) is 11.4. The van der Waals surface area contributed by atoms with Crippen molar-refractivity contribution < 1.29 is 14.6 Å². The molecule has 0 amide bonds. The van der Waals surface area contributed by atoms with Gasteiger partial charge in [-0.1, -0.05) is 23.2 Å². The average Bonchev–Trinajstić information content (AvgIpc) is 2.65. The van der Waals surface area contributed by atoms with Crippen molar-refractivity contribution in [3.63, 3.8) is 0 Å². The molecule has 1 heterocycles. The fourth-order valence-electron chi connectivity index (χ4n) is 6.93. The summed E-state index contributed by atoms with van der Waals surface area (Å²) in [5.74, 6) is 1.11. The van der Waals surface area contributed by atoms with Gasteiger partial charge in [-0.15, -0.1) is 0 Å². The Morgan fingerprint density at radius 2 is 1.56 bits per heavy atom. The topological polar surface area (TPSA) is 68.5 Å². The number of carbonyl (C=O) groups is 1. The van der Waals surface area contributed by atoms with Crippen molar-refractivity contribution in [3.05, 3.63) is 38.2 Å². The Hall–Kier alpha value is -1.72. The quantitative estimate of drug-likeness (QED) is 0.535. The molecule has 7 heteroatoms. The molecule has 2 aromatic rings. The van der Waals surface area contributed by atoms with Crippen molar-refractivity contribution in [1.29, 1.82) is 0 Å². The number of hydrogen-bond donors (Lipinski definition) is 1. The highest BCUT2D eigenvalue weighted by Gasteiger charge is 2.51. The summed E-state index contributed by atoms with van der Waals surface area (Å²) in [7, 11) is 0. The fourth-order valence-corrected chi connectivity index (χ4v) is 7.25. The van der Waals surface area contributed by atoms with Crippen LogP contribution in [0.1, 0.15) is 69.8 Å². The maximum Gasteiger partial charge on any atom is 0.359 e. The number of aromatic hydroxyl groups is 1. The van der Waals surface area contributed by atoms with Crippen LogP contribution in [0, 0.1) is 23.2 Å². The van der Waals surface area contributed by atoms with Crippen LogP contribution in [0.15, 0.2) is 16.9 Å². The first-order chi connectivity index (χ1) is 14.9. The van der Waals surface area contributed by atoms with Crippen molar-refractivity contribution in [3.8, 4) is 5.75 Å². The van der Waals surface area contributed by atoms with Crippen LogP contribution in [0.5, 0.6) is 5.75 Å². The van der Waals surface area contributed by atoms with E-state index in [0.717, 1.165) is 19.3 Å². The molecular weight excluding hydrogens is 449 g/mol. The lowest BCUT2D eigenvalue weighted by molar-refractivity contribution is -0.0629. The number of halogens is 2. The number of hydrogen-bond acceptors (Lipinski definition) is 4. The lowest BCUT2D eigenvalue weighted by Gasteiger charge is -2.57. The Morgan fingerprint density at radius 3 is 2.06 bits per heavy atom. The Labute approximate surface area is 197 Å². The van der Waals surface area contributed by atoms with Gasteiger partial charge in [-0.2, -0.15) is 0 Å². The number of pyridine rings is 1. The van der Waals surface area contributed by atoms with Gasteiger partial charge in [0, 0.05) is 11.9 Å². The van der Waals surface area contributed by atoms with Gasteiger partial charge >= 0.3 is 5.97 Å². The van der Waals surface area contributed by atoms with Crippen LogP contribution in [-0.4, -0.2) is 21.2 Å². The summed E-state index contributed by atoms with van der Waals surface area (Å²) in [4.78, 5) is 26.9. The number of fused-ring (bicyclic) bond motifs is 1. The summed E-state index contributed by atoms with van der Waals surface area (Å²) < 4.78 is 7.07. The molecule has 1 N–H and O–H groups in total. The molecule has 4 aliphatic carbocycles. The molecule has 6 rings (SSSR count). The molecule has 4 aliphatic rings. The number of nitrogens with zero attached hydrogens (tertiary/aromatic N) is 1. The van der Waals surface area contributed by atoms with E-state index < -0.39 is 11.6 Å². The highest BCUT2D eigenvalue weighted by Crippen LogP contribution is 2.60. The van der Waals surface area contributed by atoms with Gasteiger partial charge in [0.2, 0.25) is 0 Å². The van der Waals surface area contributed by atoms with Crippen molar-refractivity contribution in [2.75, 3.05) is 0 Å². The van der Waals surface area contributed by atoms with E-state index in [0.29, 0.717) is 24.3 Å². The summed E-state index contributed by atoms with van der Waals surface area (Å²) in [6, 6.07) is 2.93. The number of esters is 1. The molecule has 4 bridgehead atoms. The molecule has 172 valence electrons. The van der Waals surface area contributed by atoms with E-state index in [1.165, 1.54) is 36.0 Å². The van der Waals surface area contributed by atoms with Gasteiger partial charge in [0.05, 0.1) is 15.4 Å². The predicted octanol–water partition coefficient (Wildman–Crippen LogP) is 6.19. The Balaban J connectivity index is 1.69. The van der Waals surface area contributed by atoms with Gasteiger partial charge in [0.1, 0.15) is 5.60 Å². The summed E-state index contributed by atoms with van der Waals surface area (Å²) >= 11 is 12.4. The fraction of sp³-hybridized carbons (Fsp3) is 0.600. The van der Waals surface area contributed by atoms with Gasteiger partial charge in [0.15, 0.2) is 11.4 Å². The lowest BCUT2D eigenvalue weighted by Crippen LogP contribution is -2.49. The molecule has 4 fully saturated rings. The molecule has 0 radical (unpaired) electrons. The number of ether oxygens (including phenoxy) is 1. The zero-order chi connectivity index (χ0) is 23.0. The zero-order valence-electron chi connectivity index (χ0n) is 18.7. The third-order valence-corrected chi connectivity index (χ3v) is 8.26. The summed E-state index contributed by atoms with van der Waals surface area (Å²) in [5.41, 5.74) is -1.22. The van der Waals surface area contributed by atoms with Crippen molar-refractivity contribution in [2.45, 2.75) is 71.4 Å². The normalized spacial score (nSPS) is 29.0. The average molecular weight is 478 g/mol. The number of aromatic nitrogens is 1. The van der Waals surface area contributed by atoms with Crippen LogP contribution in [-0.2, 0) is 11.3 Å². The van der Waals surface area contributed by atoms with Gasteiger partial charge in [-0.05, 0) is 94.6 Å². The van der Waals surface area contributed by atoms with Crippen molar-refractivity contribution in [2.24, 2.45) is 23.2 Å². The van der Waals surface area contributed by atoms with Crippen LogP contribution >= 0.6 is 23.2 Å². The number of carbonyl (C=O) groups excluding carboxylic acids is 1. The third kappa shape index (κ3) is 3.71. The second kappa shape index (κ2) is 7.39. The minimum atomic E-state index is -0.766. The van der Waals surface area contributed by atoms with E-state index in [9.17, 15) is 14.7 Å². The van der Waals surface area contributed by atoms with Crippen LogP contribution in [0.4, 0.5) is 0 Å². The Bertz CT molecular complexity index is 1140. The molecule has 0 unspecified atom stereocenters. The largest absolute Gasteiger partial charge is 0.505 e. The Morgan fingerprint density at radius 1 is 1.06 bits per heavy atom. The van der Waals surface area contributed by atoms with Gasteiger partial charge < -0.3 is 9.84 Å². The molecule has 0 atom stereocenters. The van der Waals surface area contributed by atoms with Crippen LogP contribution in [0.3, 0.4) is 0 Å². The maximum absolute atomic E-state index is 13.7. The molecular formula is C25H29Cl2NO4. The first-order valence-corrected chi connectivity index (χ1v) is 12.2. The summed E-state index contributed by atoms with van der Waals surface area (Å²) in [6.45, 7) is 5.71. The molecule has 1 aromatic carbocycles. The van der Waals surface area contributed by atoms with Crippen molar-refractivity contribution in [1.82, 2.24) is 4.57 Å². The maximum atomic E-state index is 13.7. The van der Waals surface area contributed by atoms with E-state index in [-0.39, 0.29) is 43.2 Å². The van der Waals surface area contributed by atoms with Crippen LogP contribution in [0.2, 0.25) is 10.0 Å². The lowest BCUT2D eigenvalue weighted by atomic mass is 9.49. The van der Waals surface area contributed by atoms with Crippen LogP contribution in [0.25, 0.3) is 10.8 Å². The molecule has 0 spiro atoms. The standard InChI is InChI=1S/C25H29Cl2NO4/c1-24(2,3)32-23(31)20-21(29)16-7-18(26)19(27)8-17(16)22(30)28(20)12-25-9-13-4-14(10-25)6-15(5-13)11-25/h7-8,13-15,29H,4-6,9-12H2,1-3H3. The van der Waals surface area contributed by atoms with E-state index in [1.54, 1.807) is 20.8 Å². The highest BCUT2D eigenvalue weighted by molar-refractivity contribution is 6.42.